The first-order valence-electron chi connectivity index (χ1n) is 4.97. The lowest BCUT2D eigenvalue weighted by atomic mass is 10.2. The van der Waals surface area contributed by atoms with Crippen LogP contribution in [0.3, 0.4) is 0 Å². The van der Waals surface area contributed by atoms with E-state index in [1.807, 2.05) is 17.8 Å². The summed E-state index contributed by atoms with van der Waals surface area (Å²) in [5.41, 5.74) is 0. The molecule has 3 heteroatoms. The quantitative estimate of drug-likeness (QED) is 0.522. The Labute approximate surface area is 85.2 Å². The molecule has 74 valence electrons. The van der Waals surface area contributed by atoms with Crippen LogP contribution >= 0.6 is 12.2 Å². The van der Waals surface area contributed by atoms with Crippen molar-refractivity contribution in [2.24, 2.45) is 7.05 Å². The molecule has 0 unspecified atom stereocenters. The van der Waals surface area contributed by atoms with Crippen molar-refractivity contribution in [3.63, 3.8) is 0 Å². The van der Waals surface area contributed by atoms with Gasteiger partial charge in [-0.05, 0) is 18.6 Å². The van der Waals surface area contributed by atoms with Crippen LogP contribution in [0.5, 0.6) is 0 Å². The Morgan fingerprint density at radius 1 is 1.23 bits per heavy atom. The monoisotopic (exact) mass is 198 g/mol. The Morgan fingerprint density at radius 3 is 2.54 bits per heavy atom. The van der Waals surface area contributed by atoms with E-state index in [4.69, 9.17) is 12.2 Å². The molecule has 0 saturated carbocycles. The number of rotatable bonds is 5. The number of aromatic nitrogens is 2. The molecule has 0 atom stereocenters. The zero-order valence-corrected chi connectivity index (χ0v) is 9.31. The normalized spacial score (nSPS) is 10.6. The van der Waals surface area contributed by atoms with Gasteiger partial charge in [-0.3, -0.25) is 0 Å². The van der Waals surface area contributed by atoms with Gasteiger partial charge in [0.2, 0.25) is 0 Å². The SMILES string of the molecule is CCCCCCn1ccn(C)c1=S. The summed E-state index contributed by atoms with van der Waals surface area (Å²) in [5.74, 6) is 0. The summed E-state index contributed by atoms with van der Waals surface area (Å²) >= 11 is 5.23. The molecule has 0 aliphatic rings. The third-order valence-electron chi connectivity index (χ3n) is 2.27. The fourth-order valence-corrected chi connectivity index (χ4v) is 1.60. The molecule has 1 aromatic rings. The van der Waals surface area contributed by atoms with Crippen LogP contribution in [-0.2, 0) is 13.6 Å². The van der Waals surface area contributed by atoms with Gasteiger partial charge in [-0.2, -0.15) is 0 Å². The summed E-state index contributed by atoms with van der Waals surface area (Å²) in [6.07, 6.45) is 9.26. The average molecular weight is 198 g/mol. The summed E-state index contributed by atoms with van der Waals surface area (Å²) in [6, 6.07) is 0. The van der Waals surface area contributed by atoms with Crippen molar-refractivity contribution in [1.82, 2.24) is 9.13 Å². The van der Waals surface area contributed by atoms with Crippen LogP contribution in [0, 0.1) is 4.77 Å². The lowest BCUT2D eigenvalue weighted by Crippen LogP contribution is -1.98. The molecule has 0 N–H and O–H groups in total. The van der Waals surface area contributed by atoms with Crippen molar-refractivity contribution in [2.75, 3.05) is 0 Å². The number of imidazole rings is 1. The third kappa shape index (κ3) is 2.99. The molecule has 0 spiro atoms. The molecular weight excluding hydrogens is 180 g/mol. The van der Waals surface area contributed by atoms with E-state index in [0.717, 1.165) is 11.3 Å². The minimum absolute atomic E-state index is 0.927. The van der Waals surface area contributed by atoms with E-state index >= 15 is 0 Å². The van der Waals surface area contributed by atoms with Gasteiger partial charge in [0.1, 0.15) is 0 Å². The van der Waals surface area contributed by atoms with Crippen LogP contribution < -0.4 is 0 Å². The minimum Gasteiger partial charge on any atom is -0.327 e. The number of hydrogen-bond acceptors (Lipinski definition) is 1. The summed E-state index contributed by atoms with van der Waals surface area (Å²) in [4.78, 5) is 0. The molecule has 0 saturated heterocycles. The minimum atomic E-state index is 0.927. The van der Waals surface area contributed by atoms with Crippen LogP contribution in [0.4, 0.5) is 0 Å². The van der Waals surface area contributed by atoms with Gasteiger partial charge in [-0.25, -0.2) is 0 Å². The van der Waals surface area contributed by atoms with E-state index in [1.165, 1.54) is 25.7 Å². The van der Waals surface area contributed by atoms with Crippen molar-refractivity contribution >= 4 is 12.2 Å². The molecular formula is C10H18N2S. The summed E-state index contributed by atoms with van der Waals surface area (Å²) in [6.45, 7) is 3.30. The van der Waals surface area contributed by atoms with E-state index in [1.54, 1.807) is 0 Å². The Bertz CT molecular complexity index is 298. The molecule has 13 heavy (non-hydrogen) atoms. The first-order chi connectivity index (χ1) is 6.25. The van der Waals surface area contributed by atoms with E-state index in [0.29, 0.717) is 0 Å². The summed E-state index contributed by atoms with van der Waals surface area (Å²) < 4.78 is 5.05. The Kier molecular flexibility index (Phi) is 4.22. The van der Waals surface area contributed by atoms with Crippen molar-refractivity contribution in [3.8, 4) is 0 Å². The van der Waals surface area contributed by atoms with Crippen LogP contribution in [0.15, 0.2) is 12.4 Å². The standard InChI is InChI=1S/C10H18N2S/c1-3-4-5-6-7-12-9-8-11(2)10(12)13/h8-9H,3-7H2,1-2H3. The molecule has 0 bridgehead atoms. The molecule has 0 amide bonds. The average Bonchev–Trinajstić information content (AvgIpc) is 2.43. The van der Waals surface area contributed by atoms with E-state index in [-0.39, 0.29) is 0 Å². The fraction of sp³-hybridized carbons (Fsp3) is 0.700. The second kappa shape index (κ2) is 5.22. The van der Waals surface area contributed by atoms with Crippen LogP contribution in [0.2, 0.25) is 0 Å². The predicted octanol–water partition coefficient (Wildman–Crippen LogP) is 3.14. The second-order valence-electron chi connectivity index (χ2n) is 3.45. The topological polar surface area (TPSA) is 9.86 Å². The second-order valence-corrected chi connectivity index (χ2v) is 3.81. The van der Waals surface area contributed by atoms with Crippen molar-refractivity contribution < 1.29 is 0 Å². The van der Waals surface area contributed by atoms with Gasteiger partial charge < -0.3 is 9.13 Å². The lowest BCUT2D eigenvalue weighted by Gasteiger charge is -2.01. The molecule has 0 fully saturated rings. The lowest BCUT2D eigenvalue weighted by molar-refractivity contribution is 0.573. The number of aryl methyl sites for hydroxylation is 2. The zero-order chi connectivity index (χ0) is 9.68. The van der Waals surface area contributed by atoms with Gasteiger partial charge in [-0.15, -0.1) is 0 Å². The number of nitrogens with zero attached hydrogens (tertiary/aromatic N) is 2. The highest BCUT2D eigenvalue weighted by molar-refractivity contribution is 7.71. The molecule has 0 radical (unpaired) electrons. The third-order valence-corrected chi connectivity index (χ3v) is 2.79. The maximum Gasteiger partial charge on any atom is 0.179 e. The Morgan fingerprint density at radius 2 is 2.00 bits per heavy atom. The number of hydrogen-bond donors (Lipinski definition) is 0. The largest absolute Gasteiger partial charge is 0.327 e. The summed E-state index contributed by atoms with van der Waals surface area (Å²) in [7, 11) is 1.99. The molecule has 1 aromatic heterocycles. The maximum atomic E-state index is 5.23. The summed E-state index contributed by atoms with van der Waals surface area (Å²) in [5, 5.41) is 0. The molecule has 1 rings (SSSR count). The highest BCUT2D eigenvalue weighted by Gasteiger charge is 1.95. The smallest absolute Gasteiger partial charge is 0.179 e. The van der Waals surface area contributed by atoms with E-state index in [2.05, 4.69) is 17.7 Å². The van der Waals surface area contributed by atoms with Gasteiger partial charge in [0.25, 0.3) is 0 Å². The predicted molar refractivity (Wildman–Crippen MR) is 58.4 cm³/mol. The van der Waals surface area contributed by atoms with Crippen LogP contribution in [0.1, 0.15) is 32.6 Å². The van der Waals surface area contributed by atoms with Crippen molar-refractivity contribution in [3.05, 3.63) is 17.2 Å². The molecule has 2 nitrogen and oxygen atoms in total. The molecule has 0 aliphatic heterocycles. The van der Waals surface area contributed by atoms with E-state index in [9.17, 15) is 0 Å². The van der Waals surface area contributed by atoms with Crippen molar-refractivity contribution in [2.45, 2.75) is 39.2 Å². The fourth-order valence-electron chi connectivity index (χ4n) is 1.39. The highest BCUT2D eigenvalue weighted by Crippen LogP contribution is 2.03. The molecule has 0 aromatic carbocycles. The molecule has 1 heterocycles. The first-order valence-corrected chi connectivity index (χ1v) is 5.38. The molecule has 0 aliphatic carbocycles. The Hall–Kier alpha value is -0.570. The van der Waals surface area contributed by atoms with Gasteiger partial charge in [0.05, 0.1) is 0 Å². The van der Waals surface area contributed by atoms with Gasteiger partial charge in [-0.1, -0.05) is 26.2 Å². The van der Waals surface area contributed by atoms with Crippen molar-refractivity contribution in [1.29, 1.82) is 0 Å². The van der Waals surface area contributed by atoms with E-state index < -0.39 is 0 Å². The Balaban J connectivity index is 2.37. The first kappa shape index (κ1) is 10.5. The maximum absolute atomic E-state index is 5.23. The zero-order valence-electron chi connectivity index (χ0n) is 8.49. The number of unbranched alkanes of at least 4 members (excludes halogenated alkanes) is 3. The van der Waals surface area contributed by atoms with Crippen LogP contribution in [0.25, 0.3) is 0 Å². The van der Waals surface area contributed by atoms with Gasteiger partial charge >= 0.3 is 0 Å². The highest BCUT2D eigenvalue weighted by atomic mass is 32.1. The van der Waals surface area contributed by atoms with Gasteiger partial charge in [0.15, 0.2) is 4.77 Å². The van der Waals surface area contributed by atoms with Gasteiger partial charge in [0, 0.05) is 26.0 Å². The van der Waals surface area contributed by atoms with Crippen LogP contribution in [-0.4, -0.2) is 9.13 Å².